The van der Waals surface area contributed by atoms with Crippen molar-refractivity contribution in [3.05, 3.63) is 126 Å². The number of anilines is 1. The van der Waals surface area contributed by atoms with Crippen LogP contribution >= 0.6 is 0 Å². The summed E-state index contributed by atoms with van der Waals surface area (Å²) < 4.78 is 34.5. The number of para-hydroxylation sites is 2. The Hall–Kier alpha value is -4.47. The highest BCUT2D eigenvalue weighted by Gasteiger charge is 2.36. The Labute approximate surface area is 240 Å². The lowest BCUT2D eigenvalue weighted by atomic mass is 10.1. The van der Waals surface area contributed by atoms with Crippen molar-refractivity contribution in [2.45, 2.75) is 24.0 Å². The lowest BCUT2D eigenvalue weighted by Crippen LogP contribution is -2.53. The molecule has 0 spiro atoms. The van der Waals surface area contributed by atoms with Gasteiger partial charge >= 0.3 is 0 Å². The molecule has 4 aromatic rings. The van der Waals surface area contributed by atoms with E-state index in [9.17, 15) is 18.0 Å². The minimum absolute atomic E-state index is 0.0131. The van der Waals surface area contributed by atoms with Crippen LogP contribution in [-0.4, -0.2) is 50.3 Å². The van der Waals surface area contributed by atoms with Gasteiger partial charge in [-0.3, -0.25) is 9.59 Å². The lowest BCUT2D eigenvalue weighted by Gasteiger charge is -2.35. The first kappa shape index (κ1) is 28.1. The van der Waals surface area contributed by atoms with Crippen LogP contribution in [-0.2, 0) is 32.6 Å². The van der Waals surface area contributed by atoms with Gasteiger partial charge in [0.1, 0.15) is 5.75 Å². The van der Waals surface area contributed by atoms with Crippen LogP contribution in [0.2, 0.25) is 0 Å². The number of amides is 2. The highest BCUT2D eigenvalue weighted by molar-refractivity contribution is 7.89. The van der Waals surface area contributed by atoms with Gasteiger partial charge in [-0.1, -0.05) is 91.0 Å². The number of hydrogen-bond donors (Lipinski definition) is 1. The summed E-state index contributed by atoms with van der Waals surface area (Å²) in [4.78, 5) is 28.5. The molecule has 1 N–H and O–H groups in total. The van der Waals surface area contributed by atoms with Crippen LogP contribution in [0.25, 0.3) is 0 Å². The zero-order valence-corrected chi connectivity index (χ0v) is 23.2. The number of ether oxygens (including phenoxy) is 1. The zero-order valence-electron chi connectivity index (χ0n) is 22.4. The molecule has 0 saturated carbocycles. The number of rotatable bonds is 10. The second-order valence-corrected chi connectivity index (χ2v) is 11.6. The van der Waals surface area contributed by atoms with Gasteiger partial charge in [0.15, 0.2) is 6.10 Å². The zero-order chi connectivity index (χ0) is 28.7. The van der Waals surface area contributed by atoms with Gasteiger partial charge in [0.05, 0.1) is 23.7 Å². The van der Waals surface area contributed by atoms with Gasteiger partial charge in [-0.2, -0.15) is 4.31 Å². The number of nitrogens with zero attached hydrogens (tertiary/aromatic N) is 2. The fourth-order valence-corrected chi connectivity index (χ4v) is 6.08. The van der Waals surface area contributed by atoms with E-state index in [1.54, 1.807) is 42.5 Å². The smallest absolute Gasteiger partial charge is 0.262 e. The average Bonchev–Trinajstić information content (AvgIpc) is 3.01. The predicted octanol–water partition coefficient (Wildman–Crippen LogP) is 4.03. The largest absolute Gasteiger partial charge is 0.477 e. The van der Waals surface area contributed by atoms with Crippen molar-refractivity contribution < 1.29 is 22.7 Å². The molecule has 4 aromatic carbocycles. The maximum absolute atomic E-state index is 13.8. The molecule has 1 atom stereocenters. The number of carbonyl (C=O) groups excluding carboxylic acids is 2. The molecule has 0 aliphatic carbocycles. The molecule has 1 aliphatic rings. The third-order valence-corrected chi connectivity index (χ3v) is 8.62. The van der Waals surface area contributed by atoms with E-state index in [0.717, 1.165) is 11.1 Å². The summed E-state index contributed by atoms with van der Waals surface area (Å²) >= 11 is 0. The molecule has 5 rings (SSSR count). The van der Waals surface area contributed by atoms with Crippen molar-refractivity contribution in [1.29, 1.82) is 0 Å². The van der Waals surface area contributed by atoms with Gasteiger partial charge in [0.25, 0.3) is 5.91 Å². The summed E-state index contributed by atoms with van der Waals surface area (Å²) in [6.07, 6.45) is -0.289. The van der Waals surface area contributed by atoms with Gasteiger partial charge in [0, 0.05) is 13.1 Å². The molecule has 2 amide bonds. The number of fused-ring (bicyclic) bond motifs is 1. The molecule has 1 heterocycles. The summed E-state index contributed by atoms with van der Waals surface area (Å²) in [6, 6.07) is 33.9. The molecular weight excluding hydrogens is 538 g/mol. The van der Waals surface area contributed by atoms with E-state index in [0.29, 0.717) is 24.4 Å². The molecule has 0 saturated heterocycles. The van der Waals surface area contributed by atoms with E-state index >= 15 is 0 Å². The second kappa shape index (κ2) is 12.8. The summed E-state index contributed by atoms with van der Waals surface area (Å²) in [5, 5.41) is 2.90. The molecule has 41 heavy (non-hydrogen) atoms. The number of sulfonamides is 1. The first-order chi connectivity index (χ1) is 19.9. The minimum atomic E-state index is -4.00. The van der Waals surface area contributed by atoms with Crippen LogP contribution in [0.1, 0.15) is 11.1 Å². The summed E-state index contributed by atoms with van der Waals surface area (Å²) in [7, 11) is -4.00. The SMILES string of the molecule is O=C(NCCc1ccccc1)[C@@H]1CN(C(=O)CN(Cc2ccccc2)S(=O)(=O)c2ccccc2)c2ccccc2O1. The van der Waals surface area contributed by atoms with E-state index in [1.807, 2.05) is 60.7 Å². The highest BCUT2D eigenvalue weighted by atomic mass is 32.2. The fourth-order valence-electron chi connectivity index (χ4n) is 4.69. The first-order valence-electron chi connectivity index (χ1n) is 13.4. The van der Waals surface area contributed by atoms with E-state index < -0.39 is 28.6 Å². The molecule has 0 aromatic heterocycles. The van der Waals surface area contributed by atoms with Crippen LogP contribution in [0.5, 0.6) is 5.75 Å². The van der Waals surface area contributed by atoms with Crippen molar-refractivity contribution in [3.8, 4) is 5.75 Å². The van der Waals surface area contributed by atoms with Crippen molar-refractivity contribution in [2.75, 3.05) is 24.5 Å². The quantitative estimate of drug-likeness (QED) is 0.311. The Morgan fingerprint density at radius 2 is 1.39 bits per heavy atom. The monoisotopic (exact) mass is 569 g/mol. The molecule has 8 nitrogen and oxygen atoms in total. The summed E-state index contributed by atoms with van der Waals surface area (Å²) in [6.45, 7) is -0.0297. The second-order valence-electron chi connectivity index (χ2n) is 9.68. The lowest BCUT2D eigenvalue weighted by molar-refractivity contribution is -0.128. The molecule has 0 unspecified atom stereocenters. The van der Waals surface area contributed by atoms with Gasteiger partial charge in [-0.15, -0.1) is 0 Å². The van der Waals surface area contributed by atoms with Gasteiger partial charge in [-0.05, 0) is 41.8 Å². The van der Waals surface area contributed by atoms with Crippen LogP contribution in [0, 0.1) is 0 Å². The maximum atomic E-state index is 13.8. The third-order valence-electron chi connectivity index (χ3n) is 6.82. The minimum Gasteiger partial charge on any atom is -0.477 e. The molecule has 0 fully saturated rings. The Balaban J connectivity index is 1.36. The van der Waals surface area contributed by atoms with E-state index in [4.69, 9.17) is 4.74 Å². The Morgan fingerprint density at radius 1 is 0.805 bits per heavy atom. The van der Waals surface area contributed by atoms with E-state index in [-0.39, 0.29) is 23.9 Å². The normalized spacial score (nSPS) is 14.7. The van der Waals surface area contributed by atoms with Gasteiger partial charge in [0.2, 0.25) is 15.9 Å². The topological polar surface area (TPSA) is 96.0 Å². The molecule has 210 valence electrons. The Morgan fingerprint density at radius 3 is 2.07 bits per heavy atom. The maximum Gasteiger partial charge on any atom is 0.262 e. The fraction of sp³-hybridized carbons (Fsp3) is 0.188. The standard InChI is InChI=1S/C32H31N3O5S/c36-31(24-34(22-26-14-6-2-7-15-26)41(38,39)27-16-8-3-9-17-27)35-23-30(40-29-19-11-10-18-28(29)35)32(37)33-21-20-25-12-4-1-5-13-25/h1-19,30H,20-24H2,(H,33,37)/t30-/m0/s1. The molecular formula is C32H31N3O5S. The van der Waals surface area contributed by atoms with E-state index in [2.05, 4.69) is 5.32 Å². The van der Waals surface area contributed by atoms with Crippen LogP contribution in [0.4, 0.5) is 5.69 Å². The highest BCUT2D eigenvalue weighted by Crippen LogP contribution is 2.33. The molecule has 9 heteroatoms. The number of benzene rings is 4. The predicted molar refractivity (Wildman–Crippen MR) is 157 cm³/mol. The van der Waals surface area contributed by atoms with Crippen molar-refractivity contribution in [1.82, 2.24) is 9.62 Å². The van der Waals surface area contributed by atoms with Crippen LogP contribution in [0.15, 0.2) is 120 Å². The van der Waals surface area contributed by atoms with Crippen molar-refractivity contribution in [2.24, 2.45) is 0 Å². The number of carbonyl (C=O) groups is 2. The average molecular weight is 570 g/mol. The Kier molecular flexibility index (Phi) is 8.76. The molecule has 1 aliphatic heterocycles. The van der Waals surface area contributed by atoms with Crippen LogP contribution in [0.3, 0.4) is 0 Å². The van der Waals surface area contributed by atoms with E-state index in [1.165, 1.54) is 21.3 Å². The van der Waals surface area contributed by atoms with Crippen LogP contribution < -0.4 is 15.0 Å². The number of nitrogens with one attached hydrogen (secondary N) is 1. The summed E-state index contributed by atoms with van der Waals surface area (Å²) in [5.41, 5.74) is 2.33. The van der Waals surface area contributed by atoms with Crippen molar-refractivity contribution >= 4 is 27.5 Å². The third kappa shape index (κ3) is 6.82. The van der Waals surface area contributed by atoms with Gasteiger partial charge in [-0.25, -0.2) is 8.42 Å². The molecule has 0 bridgehead atoms. The Bertz CT molecular complexity index is 1580. The number of hydrogen-bond acceptors (Lipinski definition) is 5. The van der Waals surface area contributed by atoms with Crippen molar-refractivity contribution in [3.63, 3.8) is 0 Å². The van der Waals surface area contributed by atoms with Gasteiger partial charge < -0.3 is 15.0 Å². The first-order valence-corrected chi connectivity index (χ1v) is 14.8. The summed E-state index contributed by atoms with van der Waals surface area (Å²) in [5.74, 6) is -0.416. The molecule has 0 radical (unpaired) electrons.